The van der Waals surface area contributed by atoms with E-state index in [9.17, 15) is 0 Å². The van der Waals surface area contributed by atoms with E-state index in [2.05, 4.69) is 38.6 Å². The van der Waals surface area contributed by atoms with Crippen LogP contribution in [0.5, 0.6) is 0 Å². The fourth-order valence-corrected chi connectivity index (χ4v) is 4.61. The molecule has 0 radical (unpaired) electrons. The lowest BCUT2D eigenvalue weighted by Gasteiger charge is -2.23. The van der Waals surface area contributed by atoms with Gasteiger partial charge >= 0.3 is 0 Å². The van der Waals surface area contributed by atoms with Gasteiger partial charge in [0.25, 0.3) is 0 Å². The zero-order valence-corrected chi connectivity index (χ0v) is 10.8. The lowest BCUT2D eigenvalue weighted by molar-refractivity contribution is 0.876. The van der Waals surface area contributed by atoms with Gasteiger partial charge in [0.1, 0.15) is 0 Å². The molecule has 0 N–H and O–H groups in total. The molecule has 0 amide bonds. The van der Waals surface area contributed by atoms with Crippen molar-refractivity contribution >= 4 is 8.07 Å². The largest absolute Gasteiger partial charge is 0.198 e. The molecule has 0 aromatic rings. The molecule has 80 valence electrons. The second kappa shape index (κ2) is 7.81. The van der Waals surface area contributed by atoms with Gasteiger partial charge in [-0.1, -0.05) is 50.7 Å². The predicted octanol–water partition coefficient (Wildman–Crippen LogP) is 4.28. The first-order valence-electron chi connectivity index (χ1n) is 5.79. The zero-order chi connectivity index (χ0) is 10.9. The molecule has 0 fully saturated rings. The molecule has 0 rings (SSSR count). The first-order chi connectivity index (χ1) is 6.74. The maximum absolute atomic E-state index is 8.40. The number of hydrogen-bond donors (Lipinski definition) is 0. The van der Waals surface area contributed by atoms with Gasteiger partial charge in [-0.05, 0) is 12.8 Å². The highest BCUT2D eigenvalue weighted by atomic mass is 28.3. The van der Waals surface area contributed by atoms with Gasteiger partial charge in [0.15, 0.2) is 0 Å². The number of allylic oxidation sites excluding steroid dienone is 1. The van der Waals surface area contributed by atoms with Crippen molar-refractivity contribution in [3.63, 3.8) is 0 Å². The molecule has 0 aliphatic carbocycles. The molecule has 2 heteroatoms. The number of unbranched alkanes of at least 4 members (excludes halogenated alkanes) is 2. The van der Waals surface area contributed by atoms with Gasteiger partial charge in [-0.3, -0.25) is 0 Å². The third kappa shape index (κ3) is 4.62. The van der Waals surface area contributed by atoms with E-state index in [1.165, 1.54) is 18.1 Å². The highest BCUT2D eigenvalue weighted by molar-refractivity contribution is 6.84. The molecule has 0 atom stereocenters. The van der Waals surface area contributed by atoms with E-state index in [1.54, 1.807) is 0 Å². The van der Waals surface area contributed by atoms with Gasteiger partial charge in [0.05, 0.1) is 14.1 Å². The van der Waals surface area contributed by atoms with E-state index in [4.69, 9.17) is 5.26 Å². The van der Waals surface area contributed by atoms with Crippen LogP contribution in [-0.2, 0) is 0 Å². The Bertz CT molecular complexity index is 191. The first-order valence-corrected chi connectivity index (χ1v) is 8.49. The summed E-state index contributed by atoms with van der Waals surface area (Å²) in [4.78, 5) is 0. The fourth-order valence-electron chi connectivity index (χ4n) is 1.74. The Morgan fingerprint density at radius 1 is 1.14 bits per heavy atom. The molecule has 0 saturated heterocycles. The molecule has 0 heterocycles. The number of nitrogens with zero attached hydrogens (tertiary/aromatic N) is 1. The topological polar surface area (TPSA) is 23.8 Å². The highest BCUT2D eigenvalue weighted by Gasteiger charge is 2.22. The van der Waals surface area contributed by atoms with E-state index in [0.717, 1.165) is 12.8 Å². The van der Waals surface area contributed by atoms with E-state index < -0.39 is 8.07 Å². The summed E-state index contributed by atoms with van der Waals surface area (Å²) in [7, 11) is -1.04. The van der Waals surface area contributed by atoms with E-state index in [-0.39, 0.29) is 0 Å². The van der Waals surface area contributed by atoms with Crippen molar-refractivity contribution in [2.75, 3.05) is 0 Å². The standard InChI is InChI=1S/C12H23NSi/c1-4-14(5-2,6-3)12-10-8-7-9-11-13/h10,12H,4-9H2,1-3H3/b12-10+. The molecule has 0 aliphatic heterocycles. The van der Waals surface area contributed by atoms with Crippen molar-refractivity contribution in [2.45, 2.75) is 58.2 Å². The highest BCUT2D eigenvalue weighted by Crippen LogP contribution is 2.21. The van der Waals surface area contributed by atoms with Crippen LogP contribution < -0.4 is 0 Å². The Kier molecular flexibility index (Phi) is 7.51. The van der Waals surface area contributed by atoms with Gasteiger partial charge in [-0.25, -0.2) is 0 Å². The summed E-state index contributed by atoms with van der Waals surface area (Å²) >= 11 is 0. The van der Waals surface area contributed by atoms with Crippen LogP contribution >= 0.6 is 0 Å². The van der Waals surface area contributed by atoms with Gasteiger partial charge in [-0.15, -0.1) is 0 Å². The fraction of sp³-hybridized carbons (Fsp3) is 0.750. The minimum atomic E-state index is -1.04. The van der Waals surface area contributed by atoms with Crippen LogP contribution in [0.2, 0.25) is 18.1 Å². The second-order valence-electron chi connectivity index (χ2n) is 3.88. The number of nitriles is 1. The molecule has 14 heavy (non-hydrogen) atoms. The van der Waals surface area contributed by atoms with Crippen molar-refractivity contribution in [1.82, 2.24) is 0 Å². The molecule has 1 nitrogen and oxygen atoms in total. The predicted molar refractivity (Wildman–Crippen MR) is 65.8 cm³/mol. The minimum absolute atomic E-state index is 0.698. The smallest absolute Gasteiger partial charge is 0.0766 e. The lowest BCUT2D eigenvalue weighted by atomic mass is 10.2. The third-order valence-electron chi connectivity index (χ3n) is 3.24. The molecule has 0 aliphatic rings. The zero-order valence-electron chi connectivity index (χ0n) is 9.84. The molecule has 0 spiro atoms. The molecular weight excluding hydrogens is 186 g/mol. The average molecular weight is 209 g/mol. The maximum atomic E-state index is 8.40. The van der Waals surface area contributed by atoms with Gasteiger partial charge in [0, 0.05) is 6.42 Å². The Hall–Kier alpha value is -0.553. The van der Waals surface area contributed by atoms with Crippen molar-refractivity contribution in [2.24, 2.45) is 0 Å². The summed E-state index contributed by atoms with van der Waals surface area (Å²) in [5, 5.41) is 8.40. The van der Waals surface area contributed by atoms with Crippen LogP contribution in [0.15, 0.2) is 11.8 Å². The van der Waals surface area contributed by atoms with Crippen molar-refractivity contribution in [1.29, 1.82) is 5.26 Å². The van der Waals surface area contributed by atoms with Crippen molar-refractivity contribution in [3.05, 3.63) is 11.8 Å². The van der Waals surface area contributed by atoms with Crippen LogP contribution in [0, 0.1) is 11.3 Å². The Balaban J connectivity index is 3.97. The average Bonchev–Trinajstić information content (AvgIpc) is 2.24. The lowest BCUT2D eigenvalue weighted by Crippen LogP contribution is -2.28. The normalized spacial score (nSPS) is 11.9. The molecule has 0 bridgehead atoms. The Morgan fingerprint density at radius 3 is 2.14 bits per heavy atom. The van der Waals surface area contributed by atoms with E-state index in [0.29, 0.717) is 6.42 Å². The Labute approximate surface area is 89.8 Å². The summed E-state index contributed by atoms with van der Waals surface area (Å²) in [5.41, 5.74) is 2.50. The van der Waals surface area contributed by atoms with Crippen molar-refractivity contribution < 1.29 is 0 Å². The summed E-state index contributed by atoms with van der Waals surface area (Å²) in [6.45, 7) is 6.95. The summed E-state index contributed by atoms with van der Waals surface area (Å²) in [6, 6.07) is 6.25. The number of hydrogen-bond acceptors (Lipinski definition) is 1. The molecule has 0 saturated carbocycles. The van der Waals surface area contributed by atoms with Crippen LogP contribution in [0.4, 0.5) is 0 Å². The molecule has 0 aromatic heterocycles. The van der Waals surface area contributed by atoms with E-state index >= 15 is 0 Å². The van der Waals surface area contributed by atoms with Crippen LogP contribution in [0.25, 0.3) is 0 Å². The van der Waals surface area contributed by atoms with E-state index in [1.807, 2.05) is 0 Å². The van der Waals surface area contributed by atoms with Crippen molar-refractivity contribution in [3.8, 4) is 6.07 Å². The maximum Gasteiger partial charge on any atom is 0.0766 e. The van der Waals surface area contributed by atoms with Crippen LogP contribution in [-0.4, -0.2) is 8.07 Å². The molecule has 0 aromatic carbocycles. The summed E-state index contributed by atoms with van der Waals surface area (Å²) < 4.78 is 0. The SMILES string of the molecule is CC[Si](/C=C/CCCC#N)(CC)CC. The monoisotopic (exact) mass is 209 g/mol. The van der Waals surface area contributed by atoms with Gasteiger partial charge < -0.3 is 0 Å². The quantitative estimate of drug-likeness (QED) is 0.453. The van der Waals surface area contributed by atoms with Gasteiger partial charge in [0.2, 0.25) is 0 Å². The molecule has 0 unspecified atom stereocenters. The minimum Gasteiger partial charge on any atom is -0.198 e. The third-order valence-corrected chi connectivity index (χ3v) is 8.41. The summed E-state index contributed by atoms with van der Waals surface area (Å²) in [5.74, 6) is 0. The first kappa shape index (κ1) is 13.4. The Morgan fingerprint density at radius 2 is 1.71 bits per heavy atom. The summed E-state index contributed by atoms with van der Waals surface area (Å²) in [6.07, 6.45) is 5.13. The molecular formula is C12H23NSi. The van der Waals surface area contributed by atoms with Crippen LogP contribution in [0.3, 0.4) is 0 Å². The second-order valence-corrected chi connectivity index (χ2v) is 9.06. The van der Waals surface area contributed by atoms with Crippen LogP contribution in [0.1, 0.15) is 40.0 Å². The van der Waals surface area contributed by atoms with Gasteiger partial charge in [-0.2, -0.15) is 5.26 Å². The number of rotatable bonds is 7.